The highest BCUT2D eigenvalue weighted by Gasteiger charge is 2.30. The molecule has 2 heterocycles. The summed E-state index contributed by atoms with van der Waals surface area (Å²) >= 11 is 1.42. The van der Waals surface area contributed by atoms with E-state index in [0.29, 0.717) is 11.4 Å². The van der Waals surface area contributed by atoms with E-state index in [1.807, 2.05) is 20.8 Å². The number of halogens is 2. The van der Waals surface area contributed by atoms with E-state index < -0.39 is 6.61 Å². The Bertz CT molecular complexity index is 842. The molecule has 8 heteroatoms. The van der Waals surface area contributed by atoms with Crippen LogP contribution in [0.1, 0.15) is 43.2 Å². The first-order chi connectivity index (χ1) is 11.4. The number of fused-ring (bicyclic) bond motifs is 1. The number of nitrogens with zero attached hydrogens (tertiary/aromatic N) is 2. The summed E-state index contributed by atoms with van der Waals surface area (Å²) < 4.78 is 31.1. The van der Waals surface area contributed by atoms with Crippen molar-refractivity contribution < 1.29 is 13.5 Å². The Morgan fingerprint density at radius 2 is 2.12 bits per heavy atom. The summed E-state index contributed by atoms with van der Waals surface area (Å²) in [5, 5.41) is 3.30. The number of aromatic amines is 1. The normalized spacial score (nSPS) is 17.1. The topological polar surface area (TPSA) is 59.4 Å². The highest BCUT2D eigenvalue weighted by Crippen LogP contribution is 2.44. The molecule has 5 nitrogen and oxygen atoms in total. The number of nitrogens with one attached hydrogen (secondary N) is 1. The summed E-state index contributed by atoms with van der Waals surface area (Å²) in [6, 6.07) is 6.50. The van der Waals surface area contributed by atoms with Gasteiger partial charge in [0.05, 0.1) is 15.9 Å². The Labute approximate surface area is 141 Å². The molecule has 24 heavy (non-hydrogen) atoms. The van der Waals surface area contributed by atoms with E-state index in [1.165, 1.54) is 17.8 Å². The van der Waals surface area contributed by atoms with Crippen LogP contribution in [0.2, 0.25) is 0 Å². The van der Waals surface area contributed by atoms with E-state index in [0.717, 1.165) is 10.6 Å². The van der Waals surface area contributed by atoms with Crippen molar-refractivity contribution >= 4 is 22.6 Å². The molecule has 1 aromatic heterocycles. The molecule has 128 valence electrons. The summed E-state index contributed by atoms with van der Waals surface area (Å²) in [6.07, 6.45) is 0. The van der Waals surface area contributed by atoms with Crippen LogP contribution in [0.4, 0.5) is 14.6 Å². The van der Waals surface area contributed by atoms with Gasteiger partial charge in [0, 0.05) is 6.04 Å². The number of aliphatic imine (C=N–C) groups is 1. The average molecular weight is 353 g/mol. The van der Waals surface area contributed by atoms with Gasteiger partial charge in [-0.2, -0.15) is 8.78 Å². The molecule has 0 radical (unpaired) electrons. The molecule has 0 fully saturated rings. The van der Waals surface area contributed by atoms with Crippen molar-refractivity contribution in [2.75, 3.05) is 0 Å². The van der Waals surface area contributed by atoms with Crippen molar-refractivity contribution in [1.29, 1.82) is 0 Å². The van der Waals surface area contributed by atoms with Gasteiger partial charge in [-0.25, -0.2) is 4.99 Å². The van der Waals surface area contributed by atoms with Crippen molar-refractivity contribution in [3.05, 3.63) is 45.7 Å². The van der Waals surface area contributed by atoms with Gasteiger partial charge in [-0.3, -0.25) is 14.6 Å². The minimum Gasteiger partial charge on any atom is -0.435 e. The lowest BCUT2D eigenvalue weighted by Gasteiger charge is -2.22. The Morgan fingerprint density at radius 3 is 2.79 bits per heavy atom. The van der Waals surface area contributed by atoms with Crippen molar-refractivity contribution in [1.82, 2.24) is 9.78 Å². The minimum absolute atomic E-state index is 0.0512. The van der Waals surface area contributed by atoms with Gasteiger partial charge in [0.1, 0.15) is 5.75 Å². The molecule has 0 unspecified atom stereocenters. The first kappa shape index (κ1) is 16.8. The molecule has 0 bridgehead atoms. The van der Waals surface area contributed by atoms with E-state index in [2.05, 4.69) is 14.8 Å². The number of hydrogen-bond acceptors (Lipinski definition) is 4. The van der Waals surface area contributed by atoms with Crippen LogP contribution < -0.4 is 10.3 Å². The van der Waals surface area contributed by atoms with Crippen molar-refractivity contribution in [2.24, 2.45) is 4.99 Å². The molecule has 0 spiro atoms. The van der Waals surface area contributed by atoms with E-state index in [9.17, 15) is 13.6 Å². The minimum atomic E-state index is -2.89. The molecule has 0 saturated carbocycles. The number of aromatic nitrogens is 2. The quantitative estimate of drug-likeness (QED) is 0.894. The Kier molecular flexibility index (Phi) is 4.49. The molecule has 1 aliphatic rings. The molecule has 0 saturated heterocycles. The summed E-state index contributed by atoms with van der Waals surface area (Å²) in [4.78, 5) is 16.9. The zero-order valence-corrected chi connectivity index (χ0v) is 14.2. The Hall–Kier alpha value is -2.09. The zero-order valence-electron chi connectivity index (χ0n) is 13.4. The number of hydrogen-bond donors (Lipinski definition) is 1. The van der Waals surface area contributed by atoms with Crippen molar-refractivity contribution in [2.45, 2.75) is 38.7 Å². The SMILES string of the molecule is CC1=Nc2c(c(=O)[nH]n2C(C)C)[C@H](c2cccc(OC(F)F)c2)S1. The van der Waals surface area contributed by atoms with E-state index in [4.69, 9.17) is 0 Å². The fraction of sp³-hybridized carbons (Fsp3) is 0.375. The van der Waals surface area contributed by atoms with Crippen LogP contribution in [-0.2, 0) is 0 Å². The molecule has 0 amide bonds. The second kappa shape index (κ2) is 6.43. The maximum absolute atomic E-state index is 12.4. The van der Waals surface area contributed by atoms with Crippen LogP contribution in [0.3, 0.4) is 0 Å². The van der Waals surface area contributed by atoms with E-state index in [-0.39, 0.29) is 22.6 Å². The van der Waals surface area contributed by atoms with Gasteiger partial charge in [-0.15, -0.1) is 0 Å². The van der Waals surface area contributed by atoms with Gasteiger partial charge in [-0.1, -0.05) is 23.9 Å². The van der Waals surface area contributed by atoms with Gasteiger partial charge in [-0.05, 0) is 38.5 Å². The van der Waals surface area contributed by atoms with Crippen LogP contribution in [0, 0.1) is 0 Å². The predicted octanol–water partition coefficient (Wildman–Crippen LogP) is 4.24. The second-order valence-electron chi connectivity index (χ2n) is 5.72. The third kappa shape index (κ3) is 3.10. The lowest BCUT2D eigenvalue weighted by molar-refractivity contribution is -0.0498. The third-order valence-corrected chi connectivity index (χ3v) is 4.83. The Morgan fingerprint density at radius 1 is 1.38 bits per heavy atom. The zero-order chi connectivity index (χ0) is 17.4. The fourth-order valence-corrected chi connectivity index (χ4v) is 3.76. The van der Waals surface area contributed by atoms with Crippen LogP contribution in [-0.4, -0.2) is 21.4 Å². The molecule has 2 aromatic rings. The maximum atomic E-state index is 12.4. The summed E-state index contributed by atoms with van der Waals surface area (Å²) in [5.41, 5.74) is 1.04. The van der Waals surface area contributed by atoms with Crippen LogP contribution in [0.25, 0.3) is 0 Å². The third-order valence-electron chi connectivity index (χ3n) is 3.65. The van der Waals surface area contributed by atoms with Crippen molar-refractivity contribution in [3.63, 3.8) is 0 Å². The Balaban J connectivity index is 2.09. The highest BCUT2D eigenvalue weighted by atomic mass is 32.2. The van der Waals surface area contributed by atoms with E-state index >= 15 is 0 Å². The number of H-pyrrole nitrogens is 1. The molecule has 3 rings (SSSR count). The lowest BCUT2D eigenvalue weighted by atomic mass is 10.1. The monoisotopic (exact) mass is 353 g/mol. The predicted molar refractivity (Wildman–Crippen MR) is 90.7 cm³/mol. The lowest BCUT2D eigenvalue weighted by Crippen LogP contribution is -2.13. The fourth-order valence-electron chi connectivity index (χ4n) is 2.67. The van der Waals surface area contributed by atoms with Gasteiger partial charge < -0.3 is 4.74 Å². The van der Waals surface area contributed by atoms with Gasteiger partial charge in [0.15, 0.2) is 5.82 Å². The molecule has 0 aliphatic carbocycles. The molecular formula is C16H17F2N3O2S. The van der Waals surface area contributed by atoms with Gasteiger partial charge in [0.25, 0.3) is 5.56 Å². The van der Waals surface area contributed by atoms with Crippen LogP contribution in [0.5, 0.6) is 5.75 Å². The first-order valence-electron chi connectivity index (χ1n) is 7.48. The smallest absolute Gasteiger partial charge is 0.387 e. The highest BCUT2D eigenvalue weighted by molar-refractivity contribution is 8.14. The van der Waals surface area contributed by atoms with Gasteiger partial charge in [0.2, 0.25) is 0 Å². The summed E-state index contributed by atoms with van der Waals surface area (Å²) in [6.45, 7) is 2.88. The number of alkyl halides is 2. The van der Waals surface area contributed by atoms with Gasteiger partial charge >= 0.3 is 6.61 Å². The molecule has 1 aliphatic heterocycles. The van der Waals surface area contributed by atoms with Crippen molar-refractivity contribution in [3.8, 4) is 5.75 Å². The molecule has 1 aromatic carbocycles. The second-order valence-corrected chi connectivity index (χ2v) is 7.02. The number of thioether (sulfide) groups is 1. The van der Waals surface area contributed by atoms with E-state index in [1.54, 1.807) is 22.9 Å². The number of ether oxygens (including phenoxy) is 1. The van der Waals surface area contributed by atoms with Crippen LogP contribution >= 0.6 is 11.8 Å². The summed E-state index contributed by atoms with van der Waals surface area (Å²) in [7, 11) is 0. The molecule has 1 N–H and O–H groups in total. The molecular weight excluding hydrogens is 336 g/mol. The average Bonchev–Trinajstić information content (AvgIpc) is 2.83. The first-order valence-corrected chi connectivity index (χ1v) is 8.36. The number of benzene rings is 1. The maximum Gasteiger partial charge on any atom is 0.387 e. The largest absolute Gasteiger partial charge is 0.435 e. The number of rotatable bonds is 4. The van der Waals surface area contributed by atoms with Crippen LogP contribution in [0.15, 0.2) is 34.1 Å². The summed E-state index contributed by atoms with van der Waals surface area (Å²) in [5.74, 6) is 0.668. The standard InChI is InChI=1S/C16H17F2N3O2S/c1-8(2)21-14-12(15(22)20-21)13(24-9(3)19-14)10-5-4-6-11(7-10)23-16(17)18/h4-8,13,16H,1-3H3,(H,20,22)/t13-/m0/s1. The molecule has 1 atom stereocenters.